The van der Waals surface area contributed by atoms with Crippen molar-refractivity contribution in [1.29, 1.82) is 0 Å². The molecule has 2 heterocycles. The van der Waals surface area contributed by atoms with Crippen LogP contribution in [0.5, 0.6) is 0 Å². The van der Waals surface area contributed by atoms with Gasteiger partial charge >= 0.3 is 0 Å². The van der Waals surface area contributed by atoms with Crippen LogP contribution in [0.2, 0.25) is 0 Å². The molecule has 1 N–H and O–H groups in total. The Morgan fingerprint density at radius 2 is 2.21 bits per heavy atom. The normalized spacial score (nSPS) is 20.1. The molecule has 0 aliphatic carbocycles. The molecule has 8 heteroatoms. The smallest absolute Gasteiger partial charge is 0.246 e. The molecule has 2 rings (SSSR count). The number of nitrogens with zero attached hydrogens (tertiary/aromatic N) is 3. The molecular weight excluding hydrogens is 328 g/mol. The number of hydrogen-bond acceptors (Lipinski definition) is 6. The predicted octanol–water partition coefficient (Wildman–Crippen LogP) is 1.63. The van der Waals surface area contributed by atoms with Gasteiger partial charge in [0.25, 0.3) is 0 Å². The highest BCUT2D eigenvalue weighted by Gasteiger charge is 2.39. The fourth-order valence-corrected chi connectivity index (χ4v) is 3.39. The Balaban J connectivity index is 1.99. The van der Waals surface area contributed by atoms with Crippen LogP contribution in [-0.4, -0.2) is 49.9 Å². The monoisotopic (exact) mass is 354 g/mol. The van der Waals surface area contributed by atoms with Crippen LogP contribution in [0.15, 0.2) is 4.52 Å². The maximum absolute atomic E-state index is 12.7. The van der Waals surface area contributed by atoms with Crippen molar-refractivity contribution in [3.8, 4) is 0 Å². The van der Waals surface area contributed by atoms with Crippen LogP contribution in [0, 0.1) is 5.92 Å². The van der Waals surface area contributed by atoms with Crippen LogP contribution in [0.25, 0.3) is 0 Å². The molecule has 134 valence electrons. The Labute approximate surface area is 146 Å². The lowest BCUT2D eigenvalue weighted by molar-refractivity contribution is -0.137. The summed E-state index contributed by atoms with van der Waals surface area (Å²) >= 11 is 1.50. The van der Waals surface area contributed by atoms with E-state index in [4.69, 9.17) is 4.52 Å². The third-order valence-corrected chi connectivity index (χ3v) is 5.29. The molecule has 0 saturated carbocycles. The second-order valence-electron chi connectivity index (χ2n) is 6.90. The van der Waals surface area contributed by atoms with Gasteiger partial charge in [0, 0.05) is 18.7 Å². The number of carbonyl (C=O) groups is 2. The molecule has 0 radical (unpaired) electrons. The van der Waals surface area contributed by atoms with E-state index in [1.165, 1.54) is 11.8 Å². The van der Waals surface area contributed by atoms with E-state index in [1.54, 1.807) is 4.90 Å². The minimum Gasteiger partial charge on any atom is -0.342 e. The van der Waals surface area contributed by atoms with Crippen molar-refractivity contribution in [2.45, 2.75) is 58.4 Å². The number of nitrogens with one attached hydrogen (secondary N) is 1. The summed E-state index contributed by atoms with van der Waals surface area (Å²) in [7, 11) is 0. The lowest BCUT2D eigenvalue weighted by Gasteiger charge is -2.35. The van der Waals surface area contributed by atoms with Gasteiger partial charge in [-0.2, -0.15) is 4.98 Å². The molecular formula is C16H26N4O3S. The molecule has 0 unspecified atom stereocenters. The number of carbonyl (C=O) groups excluding carboxylic acids is 2. The first-order valence-electron chi connectivity index (χ1n) is 8.28. The first kappa shape index (κ1) is 18.8. The Morgan fingerprint density at radius 1 is 1.50 bits per heavy atom. The van der Waals surface area contributed by atoms with Crippen molar-refractivity contribution in [2.75, 3.05) is 12.3 Å². The van der Waals surface area contributed by atoms with Gasteiger partial charge in [0.15, 0.2) is 5.82 Å². The van der Waals surface area contributed by atoms with Crippen molar-refractivity contribution in [3.63, 3.8) is 0 Å². The second kappa shape index (κ2) is 7.55. The van der Waals surface area contributed by atoms with Crippen molar-refractivity contribution < 1.29 is 14.1 Å². The van der Waals surface area contributed by atoms with E-state index in [9.17, 15) is 9.59 Å². The van der Waals surface area contributed by atoms with Gasteiger partial charge in [-0.1, -0.05) is 19.0 Å². The molecule has 1 fully saturated rings. The fourth-order valence-electron chi connectivity index (χ4n) is 2.39. The molecule has 1 saturated heterocycles. The van der Waals surface area contributed by atoms with E-state index >= 15 is 0 Å². The van der Waals surface area contributed by atoms with E-state index in [2.05, 4.69) is 29.3 Å². The van der Waals surface area contributed by atoms with Gasteiger partial charge in [0.1, 0.15) is 6.04 Å². The zero-order valence-corrected chi connectivity index (χ0v) is 15.8. The van der Waals surface area contributed by atoms with Crippen LogP contribution in [0.1, 0.15) is 46.3 Å². The Kier molecular flexibility index (Phi) is 5.90. The van der Waals surface area contributed by atoms with Gasteiger partial charge in [-0.3, -0.25) is 9.59 Å². The number of aromatic nitrogens is 2. The topological polar surface area (TPSA) is 88.3 Å². The van der Waals surface area contributed by atoms with Crippen LogP contribution < -0.4 is 5.32 Å². The lowest BCUT2D eigenvalue weighted by Crippen LogP contribution is -2.57. The molecule has 7 nitrogen and oxygen atoms in total. The zero-order chi connectivity index (χ0) is 17.9. The average molecular weight is 354 g/mol. The van der Waals surface area contributed by atoms with E-state index < -0.39 is 10.8 Å². The fraction of sp³-hybridized carbons (Fsp3) is 0.750. The highest BCUT2D eigenvalue weighted by molar-refractivity contribution is 8.01. The Morgan fingerprint density at radius 3 is 2.79 bits per heavy atom. The third kappa shape index (κ3) is 4.49. The largest absolute Gasteiger partial charge is 0.342 e. The number of amides is 2. The molecule has 1 atom stereocenters. The molecule has 0 bridgehead atoms. The maximum atomic E-state index is 12.7. The molecule has 1 aromatic rings. The lowest BCUT2D eigenvalue weighted by atomic mass is 10.1. The summed E-state index contributed by atoms with van der Waals surface area (Å²) in [6, 6.07) is -0.502. The van der Waals surface area contributed by atoms with Crippen molar-refractivity contribution >= 4 is 23.6 Å². The number of rotatable bonds is 6. The predicted molar refractivity (Wildman–Crippen MR) is 92.4 cm³/mol. The van der Waals surface area contributed by atoms with Crippen LogP contribution >= 0.6 is 11.8 Å². The second-order valence-corrected chi connectivity index (χ2v) is 8.54. The summed E-state index contributed by atoms with van der Waals surface area (Å²) in [4.78, 5) is 30.7. The van der Waals surface area contributed by atoms with Crippen LogP contribution in [0.3, 0.4) is 0 Å². The quantitative estimate of drug-likeness (QED) is 0.835. The van der Waals surface area contributed by atoms with E-state index in [0.717, 1.165) is 6.42 Å². The van der Waals surface area contributed by atoms with Gasteiger partial charge in [-0.05, 0) is 26.7 Å². The first-order chi connectivity index (χ1) is 11.2. The van der Waals surface area contributed by atoms with E-state index in [-0.39, 0.29) is 18.4 Å². The molecule has 2 amide bonds. The standard InChI is InChI=1S/C16H26N4O3S/c1-6-20(8-12-18-13(23-19-12)7-10(2)3)14(21)11-9-24-16(4,5)15(22)17-11/h10-11H,6-9H2,1-5H3,(H,17,22)/t11-/m1/s1. The summed E-state index contributed by atoms with van der Waals surface area (Å²) in [5.74, 6) is 1.87. The summed E-state index contributed by atoms with van der Waals surface area (Å²) in [6.07, 6.45) is 0.720. The number of thioether (sulfide) groups is 1. The Hall–Kier alpha value is -1.57. The summed E-state index contributed by atoms with van der Waals surface area (Å²) < 4.78 is 4.72. The zero-order valence-electron chi connectivity index (χ0n) is 15.0. The molecule has 1 aromatic heterocycles. The number of likely N-dealkylation sites (N-methyl/N-ethyl adjacent to an activating group) is 1. The molecule has 0 aromatic carbocycles. The van der Waals surface area contributed by atoms with E-state index in [0.29, 0.717) is 29.9 Å². The van der Waals surface area contributed by atoms with Crippen LogP contribution in [0.4, 0.5) is 0 Å². The van der Waals surface area contributed by atoms with E-state index in [1.807, 2.05) is 20.8 Å². The highest BCUT2D eigenvalue weighted by Crippen LogP contribution is 2.29. The Bertz CT molecular complexity index is 600. The molecule has 24 heavy (non-hydrogen) atoms. The third-order valence-electron chi connectivity index (χ3n) is 3.88. The minimum absolute atomic E-state index is 0.105. The maximum Gasteiger partial charge on any atom is 0.246 e. The van der Waals surface area contributed by atoms with Crippen LogP contribution in [-0.2, 0) is 22.6 Å². The van der Waals surface area contributed by atoms with Crippen molar-refractivity contribution in [1.82, 2.24) is 20.4 Å². The summed E-state index contributed by atoms with van der Waals surface area (Å²) in [6.45, 7) is 10.6. The first-order valence-corrected chi connectivity index (χ1v) is 9.26. The molecule has 0 spiro atoms. The average Bonchev–Trinajstić information content (AvgIpc) is 2.93. The van der Waals surface area contributed by atoms with Crippen molar-refractivity contribution in [2.24, 2.45) is 5.92 Å². The summed E-state index contributed by atoms with van der Waals surface area (Å²) in [5.41, 5.74) is 0. The molecule has 1 aliphatic rings. The van der Waals surface area contributed by atoms with Crippen molar-refractivity contribution in [3.05, 3.63) is 11.7 Å². The van der Waals surface area contributed by atoms with Gasteiger partial charge in [-0.15, -0.1) is 11.8 Å². The van der Waals surface area contributed by atoms with Gasteiger partial charge in [0.05, 0.1) is 11.3 Å². The van der Waals surface area contributed by atoms with Gasteiger partial charge < -0.3 is 14.7 Å². The molecule has 1 aliphatic heterocycles. The SMILES string of the molecule is CCN(Cc1noc(CC(C)C)n1)C(=O)[C@H]1CSC(C)(C)C(=O)N1. The highest BCUT2D eigenvalue weighted by atomic mass is 32.2. The number of hydrogen-bond donors (Lipinski definition) is 1. The van der Waals surface area contributed by atoms with Gasteiger partial charge in [0.2, 0.25) is 17.7 Å². The minimum atomic E-state index is -0.502. The van der Waals surface area contributed by atoms with Gasteiger partial charge in [-0.25, -0.2) is 0 Å². The summed E-state index contributed by atoms with van der Waals surface area (Å²) in [5, 5.41) is 6.77.